The maximum absolute atomic E-state index is 6.97. The van der Waals surface area contributed by atoms with Gasteiger partial charge in [0.05, 0.1) is 0 Å². The first kappa shape index (κ1) is 7.92. The summed E-state index contributed by atoms with van der Waals surface area (Å²) >= 11 is 0. The van der Waals surface area contributed by atoms with Crippen LogP contribution in [0.5, 0.6) is 0 Å². The Bertz CT molecular complexity index is 243. The highest BCUT2D eigenvalue weighted by Gasteiger charge is 1.96. The minimum absolute atomic E-state index is 0.728. The summed E-state index contributed by atoms with van der Waals surface area (Å²) in [6, 6.07) is 1.98. The summed E-state index contributed by atoms with van der Waals surface area (Å²) in [5.41, 5.74) is 2.47. The predicted octanol–water partition coefficient (Wildman–Crippen LogP) is 1.84. The Morgan fingerprint density at radius 2 is 2.36 bits per heavy atom. The molecule has 0 unspecified atom stereocenters. The fraction of sp³-hybridized carbons (Fsp3) is 0.333. The molecule has 0 aliphatic carbocycles. The molecule has 1 N–H and O–H groups in total. The molecule has 1 heterocycles. The number of aryl methyl sites for hydroxylation is 1. The zero-order chi connectivity index (χ0) is 8.10. The van der Waals surface area contributed by atoms with Crippen LogP contribution in [0.2, 0.25) is 0 Å². The Kier molecular flexibility index (Phi) is 2.78. The van der Waals surface area contributed by atoms with Crippen LogP contribution in [0.25, 0.3) is 0 Å². The van der Waals surface area contributed by atoms with E-state index < -0.39 is 0 Å². The monoisotopic (exact) mass is 148 g/mol. The van der Waals surface area contributed by atoms with E-state index in [-0.39, 0.29) is 0 Å². The molecule has 0 aliphatic rings. The highest BCUT2D eigenvalue weighted by atomic mass is 14.6. The summed E-state index contributed by atoms with van der Waals surface area (Å²) in [7, 11) is 0. The molecule has 0 saturated carbocycles. The van der Waals surface area contributed by atoms with E-state index in [0.717, 1.165) is 12.8 Å². The molecule has 0 spiro atoms. The lowest BCUT2D eigenvalue weighted by Crippen LogP contribution is -1.93. The van der Waals surface area contributed by atoms with Crippen LogP contribution in [-0.4, -0.2) is 11.2 Å². The first-order chi connectivity index (χ1) is 5.38. The zero-order valence-electron chi connectivity index (χ0n) is 6.67. The largest absolute Gasteiger partial charge is 0.313 e. The van der Waals surface area contributed by atoms with Gasteiger partial charge in [0.25, 0.3) is 0 Å². The van der Waals surface area contributed by atoms with Gasteiger partial charge in [-0.25, -0.2) is 0 Å². The van der Waals surface area contributed by atoms with Crippen LogP contribution in [0.4, 0.5) is 0 Å². The second kappa shape index (κ2) is 3.86. The van der Waals surface area contributed by atoms with Gasteiger partial charge >= 0.3 is 0 Å². The quantitative estimate of drug-likeness (QED) is 0.652. The van der Waals surface area contributed by atoms with Gasteiger partial charge in [-0.2, -0.15) is 0 Å². The van der Waals surface area contributed by atoms with Crippen molar-refractivity contribution >= 4 is 6.21 Å². The van der Waals surface area contributed by atoms with Crippen LogP contribution in [0.3, 0.4) is 0 Å². The number of nitrogens with one attached hydrogen (secondary N) is 1. The molecule has 0 saturated heterocycles. The highest BCUT2D eigenvalue weighted by Crippen LogP contribution is 2.06. The summed E-state index contributed by atoms with van der Waals surface area (Å²) in [5.74, 6) is 0. The molecule has 0 amide bonds. The normalized spacial score (nSPS) is 9.55. The van der Waals surface area contributed by atoms with Gasteiger partial charge in [-0.15, -0.1) is 0 Å². The van der Waals surface area contributed by atoms with E-state index in [0.29, 0.717) is 0 Å². The van der Waals surface area contributed by atoms with Crippen molar-refractivity contribution in [3.8, 4) is 0 Å². The van der Waals surface area contributed by atoms with Crippen molar-refractivity contribution in [1.29, 1.82) is 5.41 Å². The molecule has 0 atom stereocenters. The van der Waals surface area contributed by atoms with E-state index in [2.05, 4.69) is 11.9 Å². The standard InChI is InChI=1S/C9H12N2/c1-2-8-7-11-6-4-9(8)3-5-10/h4-7,10H,2-3H2,1H3. The average Bonchev–Trinajstić information content (AvgIpc) is 2.06. The lowest BCUT2D eigenvalue weighted by atomic mass is 10.1. The van der Waals surface area contributed by atoms with E-state index in [1.54, 1.807) is 6.20 Å². The van der Waals surface area contributed by atoms with Crippen LogP contribution in [0.15, 0.2) is 18.5 Å². The van der Waals surface area contributed by atoms with E-state index in [1.807, 2.05) is 12.3 Å². The van der Waals surface area contributed by atoms with Gasteiger partial charge in [-0.3, -0.25) is 4.98 Å². The fourth-order valence-corrected chi connectivity index (χ4v) is 1.08. The van der Waals surface area contributed by atoms with Crippen LogP contribution in [-0.2, 0) is 12.8 Å². The van der Waals surface area contributed by atoms with Crippen molar-refractivity contribution in [3.63, 3.8) is 0 Å². The van der Waals surface area contributed by atoms with Gasteiger partial charge in [-0.1, -0.05) is 6.92 Å². The third-order valence-electron chi connectivity index (χ3n) is 1.71. The van der Waals surface area contributed by atoms with Crippen molar-refractivity contribution in [3.05, 3.63) is 29.6 Å². The molecule has 11 heavy (non-hydrogen) atoms. The molecule has 0 aliphatic heterocycles. The van der Waals surface area contributed by atoms with E-state index in [9.17, 15) is 0 Å². The second-order valence-corrected chi connectivity index (χ2v) is 2.41. The van der Waals surface area contributed by atoms with E-state index in [4.69, 9.17) is 5.41 Å². The Labute approximate surface area is 66.8 Å². The third-order valence-corrected chi connectivity index (χ3v) is 1.71. The Balaban J connectivity index is 2.92. The van der Waals surface area contributed by atoms with Gasteiger partial charge in [-0.05, 0) is 29.8 Å². The molecule has 0 fully saturated rings. The maximum atomic E-state index is 6.97. The number of hydrogen-bond acceptors (Lipinski definition) is 2. The fourth-order valence-electron chi connectivity index (χ4n) is 1.08. The summed E-state index contributed by atoms with van der Waals surface area (Å²) in [5, 5.41) is 6.97. The second-order valence-electron chi connectivity index (χ2n) is 2.41. The lowest BCUT2D eigenvalue weighted by molar-refractivity contribution is 1.06. The number of hydrogen-bond donors (Lipinski definition) is 1. The molecule has 1 aromatic heterocycles. The van der Waals surface area contributed by atoms with Gasteiger partial charge in [0.15, 0.2) is 0 Å². The molecule has 0 radical (unpaired) electrons. The lowest BCUT2D eigenvalue weighted by Gasteiger charge is -2.01. The first-order valence-corrected chi connectivity index (χ1v) is 3.79. The maximum Gasteiger partial charge on any atom is 0.0302 e. The number of rotatable bonds is 3. The Hall–Kier alpha value is -1.18. The van der Waals surface area contributed by atoms with Crippen LogP contribution in [0, 0.1) is 5.41 Å². The summed E-state index contributed by atoms with van der Waals surface area (Å²) in [6.45, 7) is 2.10. The molecular formula is C9H12N2. The first-order valence-electron chi connectivity index (χ1n) is 3.79. The van der Waals surface area contributed by atoms with Crippen LogP contribution in [0.1, 0.15) is 18.1 Å². The van der Waals surface area contributed by atoms with Crippen molar-refractivity contribution in [1.82, 2.24) is 4.98 Å². The number of nitrogens with zero attached hydrogens (tertiary/aromatic N) is 1. The molecule has 0 bridgehead atoms. The van der Waals surface area contributed by atoms with Crippen molar-refractivity contribution < 1.29 is 0 Å². The minimum atomic E-state index is 0.728. The molecule has 1 aromatic rings. The van der Waals surface area contributed by atoms with Gasteiger partial charge < -0.3 is 5.41 Å². The smallest absolute Gasteiger partial charge is 0.0302 e. The Morgan fingerprint density at radius 3 is 3.00 bits per heavy atom. The summed E-state index contributed by atoms with van der Waals surface area (Å²) in [4.78, 5) is 4.02. The van der Waals surface area contributed by atoms with Crippen LogP contribution < -0.4 is 0 Å². The molecule has 0 aromatic carbocycles. The van der Waals surface area contributed by atoms with Crippen molar-refractivity contribution in [2.45, 2.75) is 19.8 Å². The highest BCUT2D eigenvalue weighted by molar-refractivity contribution is 5.58. The van der Waals surface area contributed by atoms with Gasteiger partial charge in [0.1, 0.15) is 0 Å². The number of pyridine rings is 1. The van der Waals surface area contributed by atoms with E-state index in [1.165, 1.54) is 17.3 Å². The SMILES string of the molecule is CCc1cnccc1CC=N. The van der Waals surface area contributed by atoms with Crippen molar-refractivity contribution in [2.75, 3.05) is 0 Å². The average molecular weight is 148 g/mol. The summed E-state index contributed by atoms with van der Waals surface area (Å²) in [6.07, 6.45) is 6.80. The molecule has 58 valence electrons. The molecular weight excluding hydrogens is 136 g/mol. The van der Waals surface area contributed by atoms with Crippen LogP contribution >= 0.6 is 0 Å². The Morgan fingerprint density at radius 1 is 1.55 bits per heavy atom. The zero-order valence-corrected chi connectivity index (χ0v) is 6.67. The molecule has 2 heteroatoms. The third kappa shape index (κ3) is 1.87. The summed E-state index contributed by atoms with van der Waals surface area (Å²) < 4.78 is 0. The number of aromatic nitrogens is 1. The predicted molar refractivity (Wildman–Crippen MR) is 46.1 cm³/mol. The molecule has 1 rings (SSSR count). The van der Waals surface area contributed by atoms with Gasteiger partial charge in [0.2, 0.25) is 0 Å². The topological polar surface area (TPSA) is 36.7 Å². The van der Waals surface area contributed by atoms with Gasteiger partial charge in [0, 0.05) is 18.8 Å². The molecule has 2 nitrogen and oxygen atoms in total. The minimum Gasteiger partial charge on any atom is -0.313 e. The van der Waals surface area contributed by atoms with E-state index >= 15 is 0 Å². The van der Waals surface area contributed by atoms with Crippen molar-refractivity contribution in [2.24, 2.45) is 0 Å².